The smallest absolute Gasteiger partial charge is 0.258 e. The fourth-order valence-electron chi connectivity index (χ4n) is 3.62. The molecule has 2 aromatic heterocycles. The maximum absolute atomic E-state index is 12.9. The van der Waals surface area contributed by atoms with Gasteiger partial charge in [-0.15, -0.1) is 0 Å². The highest BCUT2D eigenvalue weighted by atomic mass is 32.2. The number of nitrogens with zero attached hydrogens (tertiary/aromatic N) is 3. The molecule has 10 nitrogen and oxygen atoms in total. The largest absolute Gasteiger partial charge is 0.454 e. The van der Waals surface area contributed by atoms with Gasteiger partial charge in [-0.2, -0.15) is 0 Å². The van der Waals surface area contributed by atoms with E-state index in [0.717, 1.165) is 18.9 Å². The second-order valence-corrected chi connectivity index (χ2v) is 8.68. The van der Waals surface area contributed by atoms with Gasteiger partial charge in [-0.05, 0) is 36.4 Å². The molecule has 180 valence electrons. The average Bonchev–Trinajstić information content (AvgIpc) is 3.37. The van der Waals surface area contributed by atoms with Crippen LogP contribution in [0.5, 0.6) is 11.5 Å². The van der Waals surface area contributed by atoms with E-state index < -0.39 is 0 Å². The summed E-state index contributed by atoms with van der Waals surface area (Å²) in [6, 6.07) is 12.3. The molecule has 0 unspecified atom stereocenters. The van der Waals surface area contributed by atoms with Gasteiger partial charge in [0.05, 0.1) is 36.4 Å². The maximum Gasteiger partial charge on any atom is 0.258 e. The molecule has 35 heavy (non-hydrogen) atoms. The molecular formula is C24H23N5O5S. The van der Waals surface area contributed by atoms with E-state index in [1.807, 2.05) is 12.1 Å². The van der Waals surface area contributed by atoms with Crippen molar-refractivity contribution in [3.05, 3.63) is 60.4 Å². The molecule has 1 aromatic carbocycles. The maximum atomic E-state index is 12.9. The molecule has 1 saturated heterocycles. The summed E-state index contributed by atoms with van der Waals surface area (Å²) in [5.74, 6) is 1.62. The van der Waals surface area contributed by atoms with Crippen molar-refractivity contribution in [2.75, 3.05) is 54.4 Å². The third-order valence-corrected chi connectivity index (χ3v) is 6.36. The van der Waals surface area contributed by atoms with E-state index in [9.17, 15) is 9.59 Å². The Hall–Kier alpha value is -3.83. The van der Waals surface area contributed by atoms with Crippen molar-refractivity contribution >= 4 is 40.8 Å². The Morgan fingerprint density at radius 3 is 2.63 bits per heavy atom. The van der Waals surface area contributed by atoms with Gasteiger partial charge in [0.25, 0.3) is 5.91 Å². The number of carbonyl (C=O) groups excluding carboxylic acids is 2. The van der Waals surface area contributed by atoms with E-state index in [1.165, 1.54) is 11.8 Å². The summed E-state index contributed by atoms with van der Waals surface area (Å²) in [7, 11) is 0. The normalized spacial score (nSPS) is 14.5. The van der Waals surface area contributed by atoms with Crippen molar-refractivity contribution < 1.29 is 23.8 Å². The first-order valence-electron chi connectivity index (χ1n) is 11.0. The lowest BCUT2D eigenvalue weighted by atomic mass is 10.2. The van der Waals surface area contributed by atoms with Gasteiger partial charge in [-0.3, -0.25) is 9.59 Å². The lowest BCUT2D eigenvalue weighted by Gasteiger charge is -2.27. The number of morpholine rings is 1. The molecule has 3 aromatic rings. The summed E-state index contributed by atoms with van der Waals surface area (Å²) >= 11 is 1.19. The minimum atomic E-state index is -0.322. The Bertz CT molecular complexity index is 1220. The van der Waals surface area contributed by atoms with Crippen LogP contribution in [0.3, 0.4) is 0 Å². The van der Waals surface area contributed by atoms with Crippen LogP contribution in [-0.2, 0) is 9.53 Å². The predicted molar refractivity (Wildman–Crippen MR) is 131 cm³/mol. The fourth-order valence-corrected chi connectivity index (χ4v) is 4.41. The predicted octanol–water partition coefficient (Wildman–Crippen LogP) is 3.03. The quantitative estimate of drug-likeness (QED) is 0.479. The number of fused-ring (bicyclic) bond motifs is 1. The molecule has 0 saturated carbocycles. The first-order valence-corrected chi connectivity index (χ1v) is 12.0. The van der Waals surface area contributed by atoms with Gasteiger partial charge in [0.1, 0.15) is 10.8 Å². The second-order valence-electron chi connectivity index (χ2n) is 7.72. The molecule has 5 rings (SSSR count). The van der Waals surface area contributed by atoms with Crippen LogP contribution < -0.4 is 25.0 Å². The van der Waals surface area contributed by atoms with E-state index in [4.69, 9.17) is 14.2 Å². The number of nitrogens with one attached hydrogen (secondary N) is 2. The van der Waals surface area contributed by atoms with Gasteiger partial charge in [0.2, 0.25) is 12.7 Å². The van der Waals surface area contributed by atoms with Gasteiger partial charge in [0, 0.05) is 31.0 Å². The monoisotopic (exact) mass is 493 g/mol. The number of hydrogen-bond acceptors (Lipinski definition) is 9. The zero-order valence-corrected chi connectivity index (χ0v) is 19.5. The Morgan fingerprint density at radius 1 is 0.971 bits per heavy atom. The zero-order valence-electron chi connectivity index (χ0n) is 18.7. The standard InChI is InChI=1S/C24H23N5O5S/c30-22(27-16-3-5-19-20(12-16)34-15-33-19)14-35-24-18(2-1-7-25-24)23(31)28-17-4-6-21(26-13-17)29-8-10-32-11-9-29/h1-7,12-13H,8-11,14-15H2,(H,27,30)(H,28,31). The number of carbonyl (C=O) groups is 2. The van der Waals surface area contributed by atoms with Crippen LogP contribution in [0, 0.1) is 0 Å². The molecule has 0 spiro atoms. The number of rotatable bonds is 7. The van der Waals surface area contributed by atoms with E-state index >= 15 is 0 Å². The Morgan fingerprint density at radius 2 is 1.80 bits per heavy atom. The molecule has 2 aliphatic rings. The first-order chi connectivity index (χ1) is 17.2. The van der Waals surface area contributed by atoms with Gasteiger partial charge in [0.15, 0.2) is 11.5 Å². The highest BCUT2D eigenvalue weighted by Crippen LogP contribution is 2.34. The van der Waals surface area contributed by atoms with Crippen molar-refractivity contribution in [1.29, 1.82) is 0 Å². The summed E-state index contributed by atoms with van der Waals surface area (Å²) in [6.45, 7) is 3.10. The molecule has 0 radical (unpaired) electrons. The Labute approximate surface area is 206 Å². The summed E-state index contributed by atoms with van der Waals surface area (Å²) in [5.41, 5.74) is 1.56. The lowest BCUT2D eigenvalue weighted by Crippen LogP contribution is -2.36. The van der Waals surface area contributed by atoms with Gasteiger partial charge in [-0.25, -0.2) is 9.97 Å². The van der Waals surface area contributed by atoms with Crippen molar-refractivity contribution in [2.24, 2.45) is 0 Å². The van der Waals surface area contributed by atoms with E-state index in [0.29, 0.717) is 46.7 Å². The summed E-state index contributed by atoms with van der Waals surface area (Å²) in [5, 5.41) is 6.14. The Balaban J connectivity index is 1.18. The molecule has 2 aliphatic heterocycles. The topological polar surface area (TPSA) is 115 Å². The van der Waals surface area contributed by atoms with E-state index in [1.54, 1.807) is 42.7 Å². The number of pyridine rings is 2. The van der Waals surface area contributed by atoms with Gasteiger partial charge < -0.3 is 29.7 Å². The molecule has 0 bridgehead atoms. The number of thioether (sulfide) groups is 1. The zero-order chi connectivity index (χ0) is 24.0. The van der Waals surface area contributed by atoms with E-state index in [2.05, 4.69) is 25.5 Å². The van der Waals surface area contributed by atoms with Gasteiger partial charge >= 0.3 is 0 Å². The lowest BCUT2D eigenvalue weighted by molar-refractivity contribution is -0.113. The van der Waals surface area contributed by atoms with Crippen LogP contribution in [0.25, 0.3) is 0 Å². The number of anilines is 3. The van der Waals surface area contributed by atoms with Crippen LogP contribution in [0.2, 0.25) is 0 Å². The molecular weight excluding hydrogens is 470 g/mol. The van der Waals surface area contributed by atoms with Gasteiger partial charge in [-0.1, -0.05) is 11.8 Å². The fraction of sp³-hybridized carbons (Fsp3) is 0.250. The average molecular weight is 494 g/mol. The minimum absolute atomic E-state index is 0.0849. The summed E-state index contributed by atoms with van der Waals surface area (Å²) < 4.78 is 16.0. The molecule has 0 atom stereocenters. The minimum Gasteiger partial charge on any atom is -0.454 e. The molecule has 2 amide bonds. The number of amides is 2. The van der Waals surface area contributed by atoms with Crippen molar-refractivity contribution in [3.63, 3.8) is 0 Å². The highest BCUT2D eigenvalue weighted by Gasteiger charge is 2.17. The van der Waals surface area contributed by atoms with Crippen LogP contribution in [0.4, 0.5) is 17.2 Å². The third-order valence-electron chi connectivity index (χ3n) is 5.35. The number of hydrogen-bond donors (Lipinski definition) is 2. The van der Waals surface area contributed by atoms with Crippen LogP contribution in [0.1, 0.15) is 10.4 Å². The molecule has 2 N–H and O–H groups in total. The second kappa shape index (κ2) is 10.6. The molecule has 0 aliphatic carbocycles. The van der Waals surface area contributed by atoms with Crippen molar-refractivity contribution in [2.45, 2.75) is 5.03 Å². The SMILES string of the molecule is O=C(CSc1ncccc1C(=O)Nc1ccc(N2CCOCC2)nc1)Nc1ccc2c(c1)OCO2. The van der Waals surface area contributed by atoms with Crippen molar-refractivity contribution in [3.8, 4) is 11.5 Å². The third kappa shape index (κ3) is 5.64. The number of aromatic nitrogens is 2. The molecule has 11 heteroatoms. The number of benzene rings is 1. The summed E-state index contributed by atoms with van der Waals surface area (Å²) in [6.07, 6.45) is 3.22. The summed E-state index contributed by atoms with van der Waals surface area (Å²) in [4.78, 5) is 36.3. The number of ether oxygens (including phenoxy) is 3. The highest BCUT2D eigenvalue weighted by molar-refractivity contribution is 8.00. The molecule has 4 heterocycles. The van der Waals surface area contributed by atoms with Crippen LogP contribution in [0.15, 0.2) is 59.9 Å². The van der Waals surface area contributed by atoms with Crippen LogP contribution in [-0.4, -0.2) is 60.6 Å². The first kappa shape index (κ1) is 22.9. The molecule has 1 fully saturated rings. The Kier molecular flexibility index (Phi) is 6.96. The van der Waals surface area contributed by atoms with Crippen molar-refractivity contribution in [1.82, 2.24) is 9.97 Å². The van der Waals surface area contributed by atoms with E-state index in [-0.39, 0.29) is 24.4 Å². The van der Waals surface area contributed by atoms with Crippen LogP contribution >= 0.6 is 11.8 Å².